The van der Waals surface area contributed by atoms with Gasteiger partial charge in [-0.1, -0.05) is 24.6 Å². The third-order valence-electron chi connectivity index (χ3n) is 8.78. The average Bonchev–Trinajstić information content (AvgIpc) is 3.32. The summed E-state index contributed by atoms with van der Waals surface area (Å²) < 4.78 is 35.6. The first-order valence-corrected chi connectivity index (χ1v) is 12.0. The maximum Gasteiger partial charge on any atom is 0.169 e. The Bertz CT molecular complexity index is 726. The zero-order chi connectivity index (χ0) is 21.5. The largest absolute Gasteiger partial charge is 0.359 e. The third-order valence-corrected chi connectivity index (χ3v) is 8.78. The molecule has 1 saturated heterocycles. The summed E-state index contributed by atoms with van der Waals surface area (Å²) in [6.07, 6.45) is 13.3. The van der Waals surface area contributed by atoms with Gasteiger partial charge in [-0.2, -0.15) is 0 Å². The second-order valence-corrected chi connectivity index (χ2v) is 10.3. The summed E-state index contributed by atoms with van der Waals surface area (Å²) in [6.45, 7) is 4.50. The van der Waals surface area contributed by atoms with Crippen LogP contribution < -0.4 is 0 Å². The Hall–Kier alpha value is -0.760. The predicted octanol–water partition coefficient (Wildman–Crippen LogP) is 4.34. The summed E-state index contributed by atoms with van der Waals surface area (Å²) in [5.74, 6) is 0.546. The van der Waals surface area contributed by atoms with Crippen molar-refractivity contribution in [3.63, 3.8) is 0 Å². The number of hydrogen-bond acceptors (Lipinski definition) is 6. The van der Waals surface area contributed by atoms with Gasteiger partial charge in [0, 0.05) is 38.4 Å². The molecule has 1 spiro atoms. The van der Waals surface area contributed by atoms with Crippen LogP contribution in [0.3, 0.4) is 0 Å². The molecule has 0 unspecified atom stereocenters. The molecule has 6 nitrogen and oxygen atoms in total. The molecule has 0 aromatic heterocycles. The summed E-state index contributed by atoms with van der Waals surface area (Å²) in [5, 5.41) is 0. The number of hydrogen-bond donors (Lipinski definition) is 0. The van der Waals surface area contributed by atoms with Gasteiger partial charge in [-0.15, -0.1) is 0 Å². The maximum atomic E-state index is 6.67. The van der Waals surface area contributed by atoms with Gasteiger partial charge in [0.15, 0.2) is 5.79 Å². The molecule has 4 aliphatic carbocycles. The van der Waals surface area contributed by atoms with Gasteiger partial charge in [0.1, 0.15) is 13.6 Å². The van der Waals surface area contributed by atoms with Crippen molar-refractivity contribution in [2.45, 2.75) is 75.8 Å². The van der Waals surface area contributed by atoms with Crippen LogP contribution in [0.25, 0.3) is 0 Å². The Balaban J connectivity index is 1.46. The van der Waals surface area contributed by atoms with E-state index in [2.05, 4.69) is 19.1 Å². The van der Waals surface area contributed by atoms with Gasteiger partial charge in [0.2, 0.25) is 0 Å². The molecule has 0 aromatic rings. The summed E-state index contributed by atoms with van der Waals surface area (Å²) >= 11 is 0. The van der Waals surface area contributed by atoms with Gasteiger partial charge in [-0.25, -0.2) is 0 Å². The quantitative estimate of drug-likeness (QED) is 0.580. The van der Waals surface area contributed by atoms with E-state index in [1.165, 1.54) is 5.57 Å². The van der Waals surface area contributed by atoms with Gasteiger partial charge in [0.25, 0.3) is 0 Å². The highest BCUT2D eigenvalue weighted by Gasteiger charge is 2.60. The molecule has 0 bridgehead atoms. The maximum absolute atomic E-state index is 6.67. The van der Waals surface area contributed by atoms with Crippen LogP contribution in [0.15, 0.2) is 23.3 Å². The first-order chi connectivity index (χ1) is 15.1. The van der Waals surface area contributed by atoms with E-state index in [0.717, 1.165) is 64.6 Å². The van der Waals surface area contributed by atoms with E-state index in [1.54, 1.807) is 19.8 Å². The van der Waals surface area contributed by atoms with Crippen molar-refractivity contribution in [3.8, 4) is 0 Å². The highest BCUT2D eigenvalue weighted by molar-refractivity contribution is 5.41. The van der Waals surface area contributed by atoms with Crippen molar-refractivity contribution >= 4 is 0 Å². The number of methoxy groups -OCH3 is 2. The van der Waals surface area contributed by atoms with Crippen molar-refractivity contribution in [1.29, 1.82) is 0 Å². The van der Waals surface area contributed by atoms with Crippen LogP contribution in [0.5, 0.6) is 0 Å². The second kappa shape index (κ2) is 8.54. The van der Waals surface area contributed by atoms with Crippen LogP contribution in [0, 0.1) is 17.3 Å². The highest BCUT2D eigenvalue weighted by atomic mass is 16.7. The molecule has 3 fully saturated rings. The molecule has 2 saturated carbocycles. The monoisotopic (exact) mass is 434 g/mol. The highest BCUT2D eigenvalue weighted by Crippen LogP contribution is 2.61. The molecule has 174 valence electrons. The van der Waals surface area contributed by atoms with Crippen LogP contribution in [0.2, 0.25) is 0 Å². The van der Waals surface area contributed by atoms with Crippen LogP contribution >= 0.6 is 0 Å². The molecular formula is C25H38O6. The fourth-order valence-electron chi connectivity index (χ4n) is 7.26. The lowest BCUT2D eigenvalue weighted by Crippen LogP contribution is -2.52. The summed E-state index contributed by atoms with van der Waals surface area (Å²) in [4.78, 5) is 0. The molecule has 1 aliphatic heterocycles. The van der Waals surface area contributed by atoms with Crippen LogP contribution in [-0.2, 0) is 28.4 Å². The van der Waals surface area contributed by atoms with Crippen molar-refractivity contribution < 1.29 is 28.4 Å². The third kappa shape index (κ3) is 3.64. The molecular weight excluding hydrogens is 396 g/mol. The van der Waals surface area contributed by atoms with E-state index >= 15 is 0 Å². The minimum Gasteiger partial charge on any atom is -0.359 e. The van der Waals surface area contributed by atoms with Crippen LogP contribution in [-0.4, -0.2) is 58.5 Å². The molecule has 0 radical (unpaired) electrons. The van der Waals surface area contributed by atoms with E-state index in [1.807, 2.05) is 0 Å². The van der Waals surface area contributed by atoms with Crippen molar-refractivity contribution in [3.05, 3.63) is 23.3 Å². The Morgan fingerprint density at radius 3 is 2.61 bits per heavy atom. The lowest BCUT2D eigenvalue weighted by atomic mass is 9.60. The van der Waals surface area contributed by atoms with E-state index in [-0.39, 0.29) is 22.9 Å². The predicted molar refractivity (Wildman–Crippen MR) is 115 cm³/mol. The van der Waals surface area contributed by atoms with Gasteiger partial charge in [-0.05, 0) is 50.0 Å². The Morgan fingerprint density at radius 2 is 1.84 bits per heavy atom. The fraction of sp³-hybridized carbons (Fsp3) is 0.840. The molecule has 5 aliphatic rings. The van der Waals surface area contributed by atoms with E-state index in [4.69, 9.17) is 28.4 Å². The smallest absolute Gasteiger partial charge is 0.169 e. The van der Waals surface area contributed by atoms with Crippen molar-refractivity contribution in [2.75, 3.05) is 41.0 Å². The molecule has 0 aromatic carbocycles. The molecule has 0 amide bonds. The average molecular weight is 435 g/mol. The number of rotatable bonds is 6. The molecule has 6 heteroatoms. The zero-order valence-corrected chi connectivity index (χ0v) is 19.3. The lowest BCUT2D eigenvalue weighted by molar-refractivity contribution is -0.186. The summed E-state index contributed by atoms with van der Waals surface area (Å²) in [5.41, 5.74) is 2.64. The summed E-state index contributed by atoms with van der Waals surface area (Å²) in [6, 6.07) is 0. The molecule has 5 atom stereocenters. The van der Waals surface area contributed by atoms with E-state index in [0.29, 0.717) is 25.4 Å². The SMILES string of the molecule is COCO[C@H]1CC[C@@H]2[C@]1(C)CC=C1C=C3CCC4(C[C@@H]3CC[C@@]12OCOC)OCCO4. The number of allylic oxidation sites excluding steroid dienone is 2. The molecule has 31 heavy (non-hydrogen) atoms. The minimum absolute atomic E-state index is 0.0443. The van der Waals surface area contributed by atoms with Gasteiger partial charge < -0.3 is 28.4 Å². The van der Waals surface area contributed by atoms with E-state index < -0.39 is 0 Å². The fourth-order valence-corrected chi connectivity index (χ4v) is 7.26. The van der Waals surface area contributed by atoms with Gasteiger partial charge in [-0.3, -0.25) is 0 Å². The first kappa shape index (κ1) is 22.1. The zero-order valence-electron chi connectivity index (χ0n) is 19.3. The second-order valence-electron chi connectivity index (χ2n) is 10.3. The topological polar surface area (TPSA) is 55.4 Å². The molecule has 0 N–H and O–H groups in total. The Labute approximate surface area is 186 Å². The van der Waals surface area contributed by atoms with E-state index in [9.17, 15) is 0 Å². The minimum atomic E-state index is -0.354. The normalized spacial score (nSPS) is 41.2. The lowest BCUT2D eigenvalue weighted by Gasteiger charge is -2.51. The van der Waals surface area contributed by atoms with Crippen molar-refractivity contribution in [2.24, 2.45) is 17.3 Å². The number of fused-ring (bicyclic) bond motifs is 4. The van der Waals surface area contributed by atoms with Crippen LogP contribution in [0.4, 0.5) is 0 Å². The number of ether oxygens (including phenoxy) is 6. The van der Waals surface area contributed by atoms with Gasteiger partial charge in [0.05, 0.1) is 24.9 Å². The standard InChI is InChI=1S/C25H38O6/c1-23-9-8-20-14-18-6-10-24(29-12-13-30-24)15-19(18)7-11-25(20,31-17-27-3)21(23)4-5-22(23)28-16-26-2/h8,14,19,21-22H,4-7,9-13,15-17H2,1-3H3/t19-,21+,22-,23-,25+/m0/s1. The Kier molecular flexibility index (Phi) is 6.08. The molecule has 1 heterocycles. The first-order valence-electron chi connectivity index (χ1n) is 12.0. The van der Waals surface area contributed by atoms with Gasteiger partial charge >= 0.3 is 0 Å². The van der Waals surface area contributed by atoms with Crippen LogP contribution in [0.1, 0.15) is 58.3 Å². The molecule has 5 rings (SSSR count). The van der Waals surface area contributed by atoms with Crippen molar-refractivity contribution in [1.82, 2.24) is 0 Å². The summed E-state index contributed by atoms with van der Waals surface area (Å²) in [7, 11) is 3.41. The Morgan fingerprint density at radius 1 is 1.03 bits per heavy atom.